The van der Waals surface area contributed by atoms with Gasteiger partial charge in [0, 0.05) is 10.6 Å². The molecule has 0 amide bonds. The molecule has 4 heteroatoms. The number of ether oxygens (including phenoxy) is 1. The highest BCUT2D eigenvalue weighted by Gasteiger charge is 2.06. The van der Waals surface area contributed by atoms with Crippen LogP contribution in [0.2, 0.25) is 5.02 Å². The van der Waals surface area contributed by atoms with Gasteiger partial charge in [-0.05, 0) is 42.3 Å². The van der Waals surface area contributed by atoms with Crippen molar-refractivity contribution in [3.63, 3.8) is 0 Å². The van der Waals surface area contributed by atoms with Gasteiger partial charge >= 0.3 is 0 Å². The largest absolute Gasteiger partial charge is 0.488 e. The third kappa shape index (κ3) is 3.88. The lowest BCUT2D eigenvalue weighted by Crippen LogP contribution is -1.99. The van der Waals surface area contributed by atoms with Crippen molar-refractivity contribution < 1.29 is 4.74 Å². The van der Waals surface area contributed by atoms with E-state index in [1.807, 2.05) is 43.3 Å². The van der Waals surface area contributed by atoms with Crippen molar-refractivity contribution >= 4 is 17.7 Å². The highest BCUT2D eigenvalue weighted by Crippen LogP contribution is 2.26. The molecule has 0 saturated heterocycles. The van der Waals surface area contributed by atoms with E-state index in [2.05, 4.69) is 0 Å². The van der Waals surface area contributed by atoms with Gasteiger partial charge in [-0.15, -0.1) is 0 Å². The molecule has 0 fully saturated rings. The van der Waals surface area contributed by atoms with Crippen LogP contribution in [0.15, 0.2) is 48.0 Å². The summed E-state index contributed by atoms with van der Waals surface area (Å²) in [5.74, 6) is 0.579. The van der Waals surface area contributed by atoms with Crippen LogP contribution in [0.5, 0.6) is 5.75 Å². The number of aryl methyl sites for hydroxylation is 1. The van der Waals surface area contributed by atoms with Gasteiger partial charge in [0.25, 0.3) is 0 Å². The first-order valence-electron chi connectivity index (χ1n) is 6.63. The van der Waals surface area contributed by atoms with Gasteiger partial charge in [0.05, 0.1) is 0 Å². The molecule has 0 aliphatic heterocycles. The van der Waals surface area contributed by atoms with Crippen LogP contribution in [0.3, 0.4) is 0 Å². The second-order valence-corrected chi connectivity index (χ2v) is 5.12. The monoisotopic (exact) mass is 308 g/mol. The molecule has 3 nitrogen and oxygen atoms in total. The predicted molar refractivity (Wildman–Crippen MR) is 86.2 cm³/mol. The Bertz CT molecular complexity index is 781. The number of rotatable bonds is 4. The predicted octanol–water partition coefficient (Wildman–Crippen LogP) is 4.66. The lowest BCUT2D eigenvalue weighted by Gasteiger charge is -2.11. The summed E-state index contributed by atoms with van der Waals surface area (Å²) in [4.78, 5) is 0. The number of allylic oxidation sites excluding steroid dienone is 1. The van der Waals surface area contributed by atoms with Crippen LogP contribution >= 0.6 is 11.6 Å². The molecule has 0 N–H and O–H groups in total. The number of nitrogens with zero attached hydrogens (tertiary/aromatic N) is 2. The van der Waals surface area contributed by atoms with Crippen molar-refractivity contribution in [2.24, 2.45) is 0 Å². The van der Waals surface area contributed by atoms with Crippen molar-refractivity contribution in [2.45, 2.75) is 13.5 Å². The number of halogens is 1. The van der Waals surface area contributed by atoms with Crippen molar-refractivity contribution in [3.8, 4) is 17.9 Å². The molecule has 108 valence electrons. The van der Waals surface area contributed by atoms with Gasteiger partial charge in [-0.2, -0.15) is 10.5 Å². The Hall–Kier alpha value is -2.75. The minimum absolute atomic E-state index is 0.00279. The fourth-order valence-corrected chi connectivity index (χ4v) is 2.12. The number of hydrogen-bond donors (Lipinski definition) is 0. The molecule has 0 heterocycles. The molecular weight excluding hydrogens is 296 g/mol. The van der Waals surface area contributed by atoms with Crippen LogP contribution in [-0.4, -0.2) is 0 Å². The van der Waals surface area contributed by atoms with Crippen LogP contribution < -0.4 is 4.74 Å². The maximum atomic E-state index is 8.88. The third-order valence-corrected chi connectivity index (χ3v) is 3.39. The molecule has 0 aliphatic rings. The van der Waals surface area contributed by atoms with Gasteiger partial charge in [0.1, 0.15) is 30.1 Å². The van der Waals surface area contributed by atoms with E-state index < -0.39 is 0 Å². The summed E-state index contributed by atoms with van der Waals surface area (Å²) < 4.78 is 5.83. The minimum atomic E-state index is 0.00279. The standard InChI is InChI=1S/C18H13ClN2O/c1-13-4-2-3-5-15(13)12-22-18-7-6-17(19)9-16(18)8-14(10-20)11-21/h2-9H,12H2,1H3. The summed E-state index contributed by atoms with van der Waals surface area (Å²) in [6.07, 6.45) is 1.47. The third-order valence-electron chi connectivity index (χ3n) is 3.16. The van der Waals surface area contributed by atoms with Crippen LogP contribution in [0.4, 0.5) is 0 Å². The zero-order valence-corrected chi connectivity index (χ0v) is 12.8. The van der Waals surface area contributed by atoms with Crippen molar-refractivity contribution in [1.82, 2.24) is 0 Å². The van der Waals surface area contributed by atoms with Crippen LogP contribution in [0, 0.1) is 29.6 Å². The van der Waals surface area contributed by atoms with Crippen LogP contribution in [-0.2, 0) is 6.61 Å². The molecule has 0 atom stereocenters. The lowest BCUT2D eigenvalue weighted by atomic mass is 10.1. The Balaban J connectivity index is 2.29. The van der Waals surface area contributed by atoms with E-state index in [9.17, 15) is 0 Å². The lowest BCUT2D eigenvalue weighted by molar-refractivity contribution is 0.305. The smallest absolute Gasteiger partial charge is 0.130 e. The Morgan fingerprint density at radius 2 is 1.91 bits per heavy atom. The summed E-state index contributed by atoms with van der Waals surface area (Å²) in [7, 11) is 0. The van der Waals surface area contributed by atoms with Crippen LogP contribution in [0.1, 0.15) is 16.7 Å². The fraction of sp³-hybridized carbons (Fsp3) is 0.111. The van der Waals surface area contributed by atoms with E-state index in [1.165, 1.54) is 6.08 Å². The summed E-state index contributed by atoms with van der Waals surface area (Å²) in [6, 6.07) is 16.7. The Morgan fingerprint density at radius 3 is 2.59 bits per heavy atom. The first-order valence-corrected chi connectivity index (χ1v) is 7.00. The summed E-state index contributed by atoms with van der Waals surface area (Å²) in [5.41, 5.74) is 2.83. The van der Waals surface area contributed by atoms with Gasteiger partial charge in [-0.1, -0.05) is 35.9 Å². The molecule has 22 heavy (non-hydrogen) atoms. The second-order valence-electron chi connectivity index (χ2n) is 4.68. The van der Waals surface area contributed by atoms with E-state index >= 15 is 0 Å². The summed E-state index contributed by atoms with van der Waals surface area (Å²) in [6.45, 7) is 2.43. The highest BCUT2D eigenvalue weighted by atomic mass is 35.5. The number of benzene rings is 2. The minimum Gasteiger partial charge on any atom is -0.488 e. The molecule has 0 aliphatic carbocycles. The molecule has 0 saturated carbocycles. The maximum Gasteiger partial charge on any atom is 0.130 e. The van der Waals surface area contributed by atoms with Gasteiger partial charge in [0.2, 0.25) is 0 Å². The maximum absolute atomic E-state index is 8.88. The summed E-state index contributed by atoms with van der Waals surface area (Å²) in [5, 5.41) is 18.3. The zero-order valence-electron chi connectivity index (χ0n) is 12.0. The molecular formula is C18H13ClN2O. The van der Waals surface area contributed by atoms with Crippen molar-refractivity contribution in [2.75, 3.05) is 0 Å². The quantitative estimate of drug-likeness (QED) is 0.772. The number of hydrogen-bond acceptors (Lipinski definition) is 3. The molecule has 0 radical (unpaired) electrons. The van der Waals surface area contributed by atoms with Crippen molar-refractivity contribution in [1.29, 1.82) is 10.5 Å². The highest BCUT2D eigenvalue weighted by molar-refractivity contribution is 6.30. The van der Waals surface area contributed by atoms with E-state index in [0.29, 0.717) is 22.9 Å². The Kier molecular flexibility index (Phi) is 5.20. The van der Waals surface area contributed by atoms with Crippen LogP contribution in [0.25, 0.3) is 6.08 Å². The molecule has 2 aromatic rings. The van der Waals surface area contributed by atoms with E-state index in [-0.39, 0.29) is 5.57 Å². The first kappa shape index (κ1) is 15.6. The van der Waals surface area contributed by atoms with E-state index in [0.717, 1.165) is 11.1 Å². The molecule has 2 aromatic carbocycles. The molecule has 0 bridgehead atoms. The fourth-order valence-electron chi connectivity index (χ4n) is 1.94. The average molecular weight is 309 g/mol. The number of nitriles is 2. The molecule has 0 unspecified atom stereocenters. The molecule has 0 spiro atoms. The zero-order chi connectivity index (χ0) is 15.9. The van der Waals surface area contributed by atoms with Gasteiger partial charge < -0.3 is 4.74 Å². The summed E-state index contributed by atoms with van der Waals surface area (Å²) >= 11 is 5.98. The van der Waals surface area contributed by atoms with Gasteiger partial charge in [-0.3, -0.25) is 0 Å². The Morgan fingerprint density at radius 1 is 1.18 bits per heavy atom. The van der Waals surface area contributed by atoms with E-state index in [4.69, 9.17) is 26.9 Å². The Labute approximate surface area is 134 Å². The first-order chi connectivity index (χ1) is 10.6. The molecule has 2 rings (SSSR count). The van der Waals surface area contributed by atoms with Gasteiger partial charge in [0.15, 0.2) is 0 Å². The normalized spacial score (nSPS) is 9.45. The molecule has 0 aromatic heterocycles. The van der Waals surface area contributed by atoms with Crippen molar-refractivity contribution in [3.05, 3.63) is 69.8 Å². The SMILES string of the molecule is Cc1ccccc1COc1ccc(Cl)cc1C=C(C#N)C#N. The average Bonchev–Trinajstić information content (AvgIpc) is 2.53. The van der Waals surface area contributed by atoms with Gasteiger partial charge in [-0.25, -0.2) is 0 Å². The second kappa shape index (κ2) is 7.31. The topological polar surface area (TPSA) is 56.8 Å². The van der Waals surface area contributed by atoms with E-state index in [1.54, 1.807) is 18.2 Å².